The van der Waals surface area contributed by atoms with Crippen LogP contribution in [0.25, 0.3) is 0 Å². The zero-order valence-corrected chi connectivity index (χ0v) is 11.0. The molecular weight excluding hydrogens is 218 g/mol. The highest BCUT2D eigenvalue weighted by Gasteiger charge is 2.31. The number of nitrogens with zero attached hydrogens (tertiary/aromatic N) is 1. The lowest BCUT2D eigenvalue weighted by Crippen LogP contribution is -2.43. The van der Waals surface area contributed by atoms with Gasteiger partial charge in [0.2, 0.25) is 11.8 Å². The van der Waals surface area contributed by atoms with E-state index in [4.69, 9.17) is 0 Å². The van der Waals surface area contributed by atoms with Gasteiger partial charge in [0.1, 0.15) is 0 Å². The van der Waals surface area contributed by atoms with Gasteiger partial charge in [-0.2, -0.15) is 0 Å². The summed E-state index contributed by atoms with van der Waals surface area (Å²) in [5.74, 6) is -0.00515. The first-order valence-corrected chi connectivity index (χ1v) is 6.31. The van der Waals surface area contributed by atoms with E-state index >= 15 is 0 Å². The van der Waals surface area contributed by atoms with Crippen LogP contribution in [0, 0.1) is 5.92 Å². The van der Waals surface area contributed by atoms with Crippen LogP contribution in [0.1, 0.15) is 26.7 Å². The van der Waals surface area contributed by atoms with Crippen molar-refractivity contribution in [2.45, 2.75) is 32.7 Å². The first kappa shape index (κ1) is 14.0. The third-order valence-electron chi connectivity index (χ3n) is 3.17. The second-order valence-corrected chi connectivity index (χ2v) is 4.68. The SMILES string of the molecule is CCCNC(=O)CN(C)C(=O)C1CCNC1C. The summed E-state index contributed by atoms with van der Waals surface area (Å²) in [6.45, 7) is 5.72. The molecule has 1 aliphatic rings. The second-order valence-electron chi connectivity index (χ2n) is 4.68. The van der Waals surface area contributed by atoms with Crippen molar-refractivity contribution in [1.82, 2.24) is 15.5 Å². The quantitative estimate of drug-likeness (QED) is 0.710. The summed E-state index contributed by atoms with van der Waals surface area (Å²) in [6.07, 6.45) is 1.77. The average molecular weight is 241 g/mol. The van der Waals surface area contributed by atoms with E-state index in [0.29, 0.717) is 6.54 Å². The van der Waals surface area contributed by atoms with Crippen LogP contribution in [0.3, 0.4) is 0 Å². The predicted octanol–water partition coefficient (Wildman–Crippen LogP) is -0.0310. The number of likely N-dealkylation sites (N-methyl/N-ethyl adjacent to an activating group) is 1. The van der Waals surface area contributed by atoms with Crippen LogP contribution >= 0.6 is 0 Å². The summed E-state index contributed by atoms with van der Waals surface area (Å²) >= 11 is 0. The Kier molecular flexibility index (Phi) is 5.41. The Morgan fingerprint density at radius 2 is 2.18 bits per heavy atom. The van der Waals surface area contributed by atoms with Crippen molar-refractivity contribution in [3.63, 3.8) is 0 Å². The molecule has 1 heterocycles. The lowest BCUT2D eigenvalue weighted by Gasteiger charge is -2.22. The molecule has 17 heavy (non-hydrogen) atoms. The first-order chi connectivity index (χ1) is 8.06. The van der Waals surface area contributed by atoms with Gasteiger partial charge in [0, 0.05) is 19.6 Å². The molecule has 0 radical (unpaired) electrons. The van der Waals surface area contributed by atoms with E-state index in [9.17, 15) is 9.59 Å². The monoisotopic (exact) mass is 241 g/mol. The zero-order valence-electron chi connectivity index (χ0n) is 11.0. The molecule has 1 fully saturated rings. The Labute approximate surface area is 103 Å². The first-order valence-electron chi connectivity index (χ1n) is 6.31. The molecule has 0 aliphatic carbocycles. The number of hydrogen-bond acceptors (Lipinski definition) is 3. The molecule has 2 unspecified atom stereocenters. The number of nitrogens with one attached hydrogen (secondary N) is 2. The van der Waals surface area contributed by atoms with Crippen molar-refractivity contribution in [2.75, 3.05) is 26.7 Å². The predicted molar refractivity (Wildman–Crippen MR) is 66.5 cm³/mol. The largest absolute Gasteiger partial charge is 0.355 e. The van der Waals surface area contributed by atoms with E-state index in [-0.39, 0.29) is 30.3 Å². The minimum absolute atomic E-state index is 0.0129. The minimum atomic E-state index is -0.0821. The van der Waals surface area contributed by atoms with Gasteiger partial charge in [-0.15, -0.1) is 0 Å². The molecule has 1 aliphatic heterocycles. The van der Waals surface area contributed by atoms with Crippen molar-refractivity contribution < 1.29 is 9.59 Å². The van der Waals surface area contributed by atoms with E-state index in [1.807, 2.05) is 13.8 Å². The molecule has 1 saturated heterocycles. The van der Waals surface area contributed by atoms with Gasteiger partial charge in [-0.3, -0.25) is 9.59 Å². The van der Waals surface area contributed by atoms with Crippen LogP contribution in [0.2, 0.25) is 0 Å². The van der Waals surface area contributed by atoms with E-state index in [1.165, 1.54) is 4.90 Å². The molecule has 0 bridgehead atoms. The molecule has 5 heteroatoms. The second kappa shape index (κ2) is 6.59. The Hall–Kier alpha value is -1.10. The highest BCUT2D eigenvalue weighted by molar-refractivity contribution is 5.86. The fourth-order valence-electron chi connectivity index (χ4n) is 2.09. The fraction of sp³-hybridized carbons (Fsp3) is 0.833. The zero-order chi connectivity index (χ0) is 12.8. The van der Waals surface area contributed by atoms with Gasteiger partial charge in [-0.05, 0) is 26.3 Å². The molecule has 98 valence electrons. The van der Waals surface area contributed by atoms with Gasteiger partial charge in [0.15, 0.2) is 0 Å². The number of rotatable bonds is 5. The Morgan fingerprint density at radius 1 is 1.47 bits per heavy atom. The third-order valence-corrected chi connectivity index (χ3v) is 3.17. The van der Waals surface area contributed by atoms with Crippen LogP contribution in [0.4, 0.5) is 0 Å². The number of hydrogen-bond donors (Lipinski definition) is 2. The number of amides is 2. The van der Waals surface area contributed by atoms with Crippen LogP contribution in [-0.4, -0.2) is 49.4 Å². The van der Waals surface area contributed by atoms with Crippen molar-refractivity contribution in [3.05, 3.63) is 0 Å². The summed E-state index contributed by atoms with van der Waals surface area (Å²) in [7, 11) is 1.69. The number of carbonyl (C=O) groups excluding carboxylic acids is 2. The summed E-state index contributed by atoms with van der Waals surface area (Å²) in [5.41, 5.74) is 0. The topological polar surface area (TPSA) is 61.4 Å². The van der Waals surface area contributed by atoms with E-state index in [0.717, 1.165) is 19.4 Å². The van der Waals surface area contributed by atoms with E-state index in [2.05, 4.69) is 10.6 Å². The lowest BCUT2D eigenvalue weighted by atomic mass is 10.0. The maximum atomic E-state index is 12.1. The molecule has 0 saturated carbocycles. The molecule has 2 N–H and O–H groups in total. The van der Waals surface area contributed by atoms with Gasteiger partial charge in [-0.1, -0.05) is 6.92 Å². The Balaban J connectivity index is 2.38. The van der Waals surface area contributed by atoms with Crippen LogP contribution < -0.4 is 10.6 Å². The normalized spacial score (nSPS) is 23.5. The summed E-state index contributed by atoms with van der Waals surface area (Å²) in [4.78, 5) is 25.1. The Bertz CT molecular complexity index is 281. The average Bonchev–Trinajstić information content (AvgIpc) is 2.71. The molecular formula is C12H23N3O2. The summed E-state index contributed by atoms with van der Waals surface area (Å²) in [6, 6.07) is 0.212. The standard InChI is InChI=1S/C12H23N3O2/c1-4-6-14-11(16)8-15(3)12(17)10-5-7-13-9(10)2/h9-10,13H,4-8H2,1-3H3,(H,14,16). The molecule has 1 rings (SSSR count). The van der Waals surface area contributed by atoms with Crippen molar-refractivity contribution >= 4 is 11.8 Å². The van der Waals surface area contributed by atoms with Crippen molar-refractivity contribution in [1.29, 1.82) is 0 Å². The van der Waals surface area contributed by atoms with Crippen LogP contribution in [0.5, 0.6) is 0 Å². The van der Waals surface area contributed by atoms with E-state index in [1.54, 1.807) is 7.05 Å². The van der Waals surface area contributed by atoms with Gasteiger partial charge in [0.05, 0.1) is 12.5 Å². The molecule has 0 aromatic carbocycles. The molecule has 2 amide bonds. The van der Waals surface area contributed by atoms with Crippen molar-refractivity contribution in [2.24, 2.45) is 5.92 Å². The van der Waals surface area contributed by atoms with Crippen LogP contribution in [0.15, 0.2) is 0 Å². The lowest BCUT2D eigenvalue weighted by molar-refractivity contribution is -0.138. The molecule has 0 spiro atoms. The smallest absolute Gasteiger partial charge is 0.239 e. The van der Waals surface area contributed by atoms with Crippen molar-refractivity contribution in [3.8, 4) is 0 Å². The highest BCUT2D eigenvalue weighted by atomic mass is 16.2. The van der Waals surface area contributed by atoms with Gasteiger partial charge in [0.25, 0.3) is 0 Å². The van der Waals surface area contributed by atoms with Gasteiger partial charge < -0.3 is 15.5 Å². The maximum Gasteiger partial charge on any atom is 0.239 e. The minimum Gasteiger partial charge on any atom is -0.355 e. The third kappa shape index (κ3) is 4.00. The summed E-state index contributed by atoms with van der Waals surface area (Å²) < 4.78 is 0. The Morgan fingerprint density at radius 3 is 2.71 bits per heavy atom. The molecule has 0 aromatic heterocycles. The molecule has 2 atom stereocenters. The van der Waals surface area contributed by atoms with Gasteiger partial charge >= 0.3 is 0 Å². The molecule has 0 aromatic rings. The van der Waals surface area contributed by atoms with E-state index < -0.39 is 0 Å². The number of carbonyl (C=O) groups is 2. The van der Waals surface area contributed by atoms with Crippen LogP contribution in [-0.2, 0) is 9.59 Å². The van der Waals surface area contributed by atoms with Gasteiger partial charge in [-0.25, -0.2) is 0 Å². The highest BCUT2D eigenvalue weighted by Crippen LogP contribution is 2.17. The summed E-state index contributed by atoms with van der Waals surface area (Å²) in [5, 5.41) is 6.02. The maximum absolute atomic E-state index is 12.1. The molecule has 5 nitrogen and oxygen atoms in total. The fourth-order valence-corrected chi connectivity index (χ4v) is 2.09.